The number of carbonyl (C=O) groups excluding carboxylic acids is 3. The summed E-state index contributed by atoms with van der Waals surface area (Å²) in [6.07, 6.45) is -0.359. The summed E-state index contributed by atoms with van der Waals surface area (Å²) < 4.78 is 5.10. The molecule has 0 aliphatic carbocycles. The topological polar surface area (TPSA) is 72.5 Å². The van der Waals surface area contributed by atoms with E-state index in [0.717, 1.165) is 0 Å². The van der Waals surface area contributed by atoms with E-state index in [1.807, 2.05) is 0 Å². The number of hydrogen-bond acceptors (Lipinski definition) is 4. The number of aldehydes is 1. The Labute approximate surface area is 148 Å². The number of esters is 1. The predicted octanol–water partition coefficient (Wildman–Crippen LogP) is 3.99. The Morgan fingerprint density at radius 1 is 1.08 bits per heavy atom. The minimum absolute atomic E-state index is 0.242. The molecule has 2 rings (SSSR count). The molecule has 0 aliphatic heterocycles. The van der Waals surface area contributed by atoms with Crippen LogP contribution in [-0.2, 0) is 9.53 Å². The van der Waals surface area contributed by atoms with E-state index in [-0.39, 0.29) is 5.56 Å². The zero-order chi connectivity index (χ0) is 17.7. The fraction of sp³-hybridized carbons (Fsp3) is 0.118. The first-order chi connectivity index (χ1) is 11.4. The number of anilines is 1. The van der Waals surface area contributed by atoms with Gasteiger partial charge in [0, 0.05) is 21.3 Å². The molecule has 0 heterocycles. The Hall–Kier alpha value is -2.37. The Kier molecular flexibility index (Phi) is 5.95. The summed E-state index contributed by atoms with van der Waals surface area (Å²) in [5.74, 6) is -1.19. The van der Waals surface area contributed by atoms with Gasteiger partial charge in [-0.2, -0.15) is 0 Å². The van der Waals surface area contributed by atoms with Crippen molar-refractivity contribution in [3.63, 3.8) is 0 Å². The quantitative estimate of drug-likeness (QED) is 0.642. The second kappa shape index (κ2) is 7.95. The number of nitrogens with one attached hydrogen (secondary N) is 1. The molecule has 0 fully saturated rings. The molecule has 1 amide bonds. The molecule has 0 saturated carbocycles. The van der Waals surface area contributed by atoms with Crippen molar-refractivity contribution in [2.75, 3.05) is 5.32 Å². The van der Waals surface area contributed by atoms with E-state index in [2.05, 4.69) is 5.32 Å². The van der Waals surface area contributed by atoms with Crippen molar-refractivity contribution in [1.82, 2.24) is 0 Å². The summed E-state index contributed by atoms with van der Waals surface area (Å²) in [4.78, 5) is 34.7. The molecule has 1 N–H and O–H groups in total. The summed E-state index contributed by atoms with van der Waals surface area (Å²) in [7, 11) is 0. The first kappa shape index (κ1) is 18.0. The van der Waals surface area contributed by atoms with Crippen molar-refractivity contribution in [2.45, 2.75) is 13.0 Å². The van der Waals surface area contributed by atoms with Crippen LogP contribution < -0.4 is 5.32 Å². The van der Waals surface area contributed by atoms with Crippen LogP contribution in [0.3, 0.4) is 0 Å². The highest BCUT2D eigenvalue weighted by Gasteiger charge is 2.19. The van der Waals surface area contributed by atoms with Crippen LogP contribution in [0.4, 0.5) is 5.69 Å². The number of carbonyl (C=O) groups is 3. The first-order valence-corrected chi connectivity index (χ1v) is 7.68. The number of ether oxygens (including phenoxy) is 1. The molecular formula is C17H13Cl2NO4. The normalized spacial score (nSPS) is 11.5. The standard InChI is InChI=1S/C17H13Cl2NO4/c1-10(16(22)20-15-7-13(18)6-14(19)8-15)24-17(23)12-4-2-11(9-21)3-5-12/h2-10H,1H3,(H,20,22)/t10-/m1/s1. The van der Waals surface area contributed by atoms with Crippen LogP contribution in [0.1, 0.15) is 27.6 Å². The van der Waals surface area contributed by atoms with Crippen molar-refractivity contribution >= 4 is 47.1 Å². The lowest BCUT2D eigenvalue weighted by Gasteiger charge is -2.14. The average Bonchev–Trinajstić information content (AvgIpc) is 2.53. The summed E-state index contributed by atoms with van der Waals surface area (Å²) in [5.41, 5.74) is 1.08. The lowest BCUT2D eigenvalue weighted by Crippen LogP contribution is -2.30. The van der Waals surface area contributed by atoms with Crippen molar-refractivity contribution in [3.8, 4) is 0 Å². The molecule has 0 saturated heterocycles. The van der Waals surface area contributed by atoms with Crippen LogP contribution in [0.5, 0.6) is 0 Å². The van der Waals surface area contributed by atoms with E-state index in [1.54, 1.807) is 0 Å². The Bertz CT molecular complexity index is 754. The van der Waals surface area contributed by atoms with Crippen molar-refractivity contribution in [3.05, 3.63) is 63.6 Å². The zero-order valence-corrected chi connectivity index (χ0v) is 14.1. The molecule has 0 aliphatic rings. The number of amides is 1. The highest BCUT2D eigenvalue weighted by molar-refractivity contribution is 6.35. The maximum Gasteiger partial charge on any atom is 0.338 e. The third-order valence-electron chi connectivity index (χ3n) is 3.07. The Morgan fingerprint density at radius 3 is 2.21 bits per heavy atom. The highest BCUT2D eigenvalue weighted by atomic mass is 35.5. The maximum absolute atomic E-state index is 12.1. The molecule has 24 heavy (non-hydrogen) atoms. The summed E-state index contributed by atoms with van der Waals surface area (Å²) >= 11 is 11.7. The third-order valence-corrected chi connectivity index (χ3v) is 3.50. The van der Waals surface area contributed by atoms with Crippen molar-refractivity contribution in [2.24, 2.45) is 0 Å². The minimum atomic E-state index is -1.03. The van der Waals surface area contributed by atoms with Crippen molar-refractivity contribution in [1.29, 1.82) is 0 Å². The van der Waals surface area contributed by atoms with E-state index in [9.17, 15) is 14.4 Å². The van der Waals surface area contributed by atoms with Gasteiger partial charge in [0.05, 0.1) is 5.56 Å². The number of rotatable bonds is 5. The van der Waals surface area contributed by atoms with Crippen LogP contribution in [0.25, 0.3) is 0 Å². The molecule has 0 unspecified atom stereocenters. The summed E-state index contributed by atoms with van der Waals surface area (Å²) in [5, 5.41) is 3.31. The monoisotopic (exact) mass is 365 g/mol. The van der Waals surface area contributed by atoms with Gasteiger partial charge in [-0.25, -0.2) is 4.79 Å². The maximum atomic E-state index is 12.1. The van der Waals surface area contributed by atoms with Gasteiger partial charge in [0.1, 0.15) is 6.29 Å². The molecule has 1 atom stereocenters. The fourth-order valence-corrected chi connectivity index (χ4v) is 2.38. The third kappa shape index (κ3) is 4.81. The fourth-order valence-electron chi connectivity index (χ4n) is 1.85. The Morgan fingerprint density at radius 2 is 1.67 bits per heavy atom. The lowest BCUT2D eigenvalue weighted by molar-refractivity contribution is -0.123. The van der Waals surface area contributed by atoms with Crippen LogP contribution in [0.15, 0.2) is 42.5 Å². The van der Waals surface area contributed by atoms with Gasteiger partial charge in [-0.05, 0) is 37.3 Å². The molecule has 2 aromatic carbocycles. The lowest BCUT2D eigenvalue weighted by atomic mass is 10.1. The average molecular weight is 366 g/mol. The zero-order valence-electron chi connectivity index (χ0n) is 12.6. The van der Waals surface area contributed by atoms with Crippen LogP contribution in [0, 0.1) is 0 Å². The van der Waals surface area contributed by atoms with Gasteiger partial charge in [-0.1, -0.05) is 35.3 Å². The summed E-state index contributed by atoms with van der Waals surface area (Å²) in [6, 6.07) is 10.5. The molecule has 0 aromatic heterocycles. The summed E-state index contributed by atoms with van der Waals surface area (Å²) in [6.45, 7) is 1.44. The molecule has 124 valence electrons. The second-order valence-electron chi connectivity index (χ2n) is 4.93. The smallest absolute Gasteiger partial charge is 0.338 e. The van der Waals surface area contributed by atoms with Gasteiger partial charge in [0.2, 0.25) is 0 Å². The van der Waals surface area contributed by atoms with E-state index in [0.29, 0.717) is 27.6 Å². The molecule has 0 spiro atoms. The molecule has 2 aromatic rings. The molecular weight excluding hydrogens is 353 g/mol. The molecule has 0 radical (unpaired) electrons. The van der Waals surface area contributed by atoms with Gasteiger partial charge < -0.3 is 10.1 Å². The van der Waals surface area contributed by atoms with E-state index < -0.39 is 18.0 Å². The molecule has 5 nitrogen and oxygen atoms in total. The van der Waals surface area contributed by atoms with Gasteiger partial charge in [-0.3, -0.25) is 9.59 Å². The van der Waals surface area contributed by atoms with Crippen LogP contribution in [-0.4, -0.2) is 24.3 Å². The number of benzene rings is 2. The minimum Gasteiger partial charge on any atom is -0.449 e. The largest absolute Gasteiger partial charge is 0.449 e. The van der Waals surface area contributed by atoms with Crippen molar-refractivity contribution < 1.29 is 19.1 Å². The Balaban J connectivity index is 1.99. The van der Waals surface area contributed by atoms with Gasteiger partial charge >= 0.3 is 5.97 Å². The van der Waals surface area contributed by atoms with Gasteiger partial charge in [0.15, 0.2) is 6.10 Å². The SMILES string of the molecule is C[C@@H](OC(=O)c1ccc(C=O)cc1)C(=O)Nc1cc(Cl)cc(Cl)c1. The van der Waals surface area contributed by atoms with Gasteiger partial charge in [-0.15, -0.1) is 0 Å². The molecule has 7 heteroatoms. The first-order valence-electron chi connectivity index (χ1n) is 6.92. The van der Waals surface area contributed by atoms with Crippen LogP contribution >= 0.6 is 23.2 Å². The van der Waals surface area contributed by atoms with E-state index >= 15 is 0 Å². The van der Waals surface area contributed by atoms with E-state index in [1.165, 1.54) is 49.4 Å². The van der Waals surface area contributed by atoms with E-state index in [4.69, 9.17) is 27.9 Å². The number of hydrogen-bond donors (Lipinski definition) is 1. The number of halogens is 2. The predicted molar refractivity (Wildman–Crippen MR) is 91.8 cm³/mol. The van der Waals surface area contributed by atoms with Crippen LogP contribution in [0.2, 0.25) is 10.0 Å². The van der Waals surface area contributed by atoms with Gasteiger partial charge in [0.25, 0.3) is 5.91 Å². The molecule has 0 bridgehead atoms. The highest BCUT2D eigenvalue weighted by Crippen LogP contribution is 2.22. The second-order valence-corrected chi connectivity index (χ2v) is 5.81.